The van der Waals surface area contributed by atoms with E-state index in [9.17, 15) is 32.3 Å². The summed E-state index contributed by atoms with van der Waals surface area (Å²) in [5.41, 5.74) is 0.459. The van der Waals surface area contributed by atoms with Crippen LogP contribution in [0.4, 0.5) is 19.0 Å². The molecule has 6 aromatic rings. The zero-order valence-corrected chi connectivity index (χ0v) is 55.8. The monoisotopic (exact) mass is 1580 g/mol. The number of carbonyl (C=O) groups is 4. The van der Waals surface area contributed by atoms with Gasteiger partial charge in [0.1, 0.15) is 40.3 Å². The molecule has 0 spiro atoms. The van der Waals surface area contributed by atoms with E-state index in [0.29, 0.717) is 43.3 Å². The summed E-state index contributed by atoms with van der Waals surface area (Å²) >= 11 is 17.0. The Kier molecular flexibility index (Phi) is 30.4. The zero-order valence-electron chi connectivity index (χ0n) is 44.5. The molecule has 1 aliphatic carbocycles. The number of aryl methyl sites for hydroxylation is 2. The number of hydrogen-bond donors (Lipinski definition) is 2. The summed E-state index contributed by atoms with van der Waals surface area (Å²) in [6, 6.07) is 16.7. The molecule has 78 heavy (non-hydrogen) atoms. The van der Waals surface area contributed by atoms with Crippen molar-refractivity contribution in [3.8, 4) is 5.75 Å². The number of anilines is 1. The van der Waals surface area contributed by atoms with Crippen molar-refractivity contribution in [1.82, 2.24) is 66.1 Å². The van der Waals surface area contributed by atoms with Crippen molar-refractivity contribution in [3.05, 3.63) is 117 Å². The number of rotatable bonds is 14. The molecule has 1 atom stereocenters. The fourth-order valence-corrected chi connectivity index (χ4v) is 7.08. The van der Waals surface area contributed by atoms with Crippen LogP contribution in [0.15, 0.2) is 66.9 Å². The summed E-state index contributed by atoms with van der Waals surface area (Å²) in [5.74, 6) is -5.50. The van der Waals surface area contributed by atoms with Crippen molar-refractivity contribution in [3.63, 3.8) is 0 Å². The van der Waals surface area contributed by atoms with Crippen LogP contribution in [0.1, 0.15) is 101 Å². The maximum atomic E-state index is 14.4. The molecule has 0 aromatic carbocycles. The smallest absolute Gasteiger partial charge is 1.00 e. The van der Waals surface area contributed by atoms with Gasteiger partial charge in [-0.1, -0.05) is 28.4 Å². The first kappa shape index (κ1) is 70.7. The SMILES string of the molecule is CC(C)(C)OC(=O)C(C(=O)OC(C)(C)C)c1ccc(I)nn1.CNC(=O)c1cn(C[C@H](F)CCc2ccc(NC(=O)Cc3cc(OC4CC(F)(F)C4)cc(C)n3)nn2)nn1.Clc1ccc(Cl)nn1.I.Ic1ccc(I)nn1.[H-].[Na+]. The van der Waals surface area contributed by atoms with Gasteiger partial charge in [0, 0.05) is 37.7 Å². The van der Waals surface area contributed by atoms with Crippen molar-refractivity contribution in [2.24, 2.45) is 0 Å². The van der Waals surface area contributed by atoms with Crippen LogP contribution in [-0.2, 0) is 43.2 Å². The molecule has 1 saturated carbocycles. The standard InChI is InChI=1S/C24H27F3N8O3.C15H21IN2O4.C4H2Cl2N2.C4H2I2N2.HI.Na.H/c1-14-7-18(38-19-10-24(26,27)11-19)8-17(29-14)9-22(36)30-21-6-5-16(31-33-21)4-3-15(25)12-35-13-20(32-34-35)23(37)28-2;1-14(2,3)21-12(19)11(13(20)22-15(4,5)6)9-7-8-10(16)18-17-9;2*5-3-1-2-4(6)8-7-3;;;/h5-8,13,15,19H,3-4,9-12H2,1-2H3,(H,28,37)(H,30,33,36);7-8,11H,1-6H3;2*1-2H;1H;;/q;;;;;+1;-1/t15-;;;;;;/m1....../s1. The normalized spacial score (nSPS) is 12.8. The summed E-state index contributed by atoms with van der Waals surface area (Å²) in [5, 5.41) is 43.5. The average Bonchev–Trinajstić information content (AvgIpc) is 3.78. The Labute approximate surface area is 539 Å². The number of esters is 2. The second-order valence-corrected chi connectivity index (χ2v) is 22.3. The maximum absolute atomic E-state index is 14.4. The topological polar surface area (TPSA) is 267 Å². The minimum absolute atomic E-state index is 0. The molecule has 0 saturated heterocycles. The molecule has 6 aromatic heterocycles. The molecule has 2 amide bonds. The van der Waals surface area contributed by atoms with E-state index in [4.69, 9.17) is 37.4 Å². The molecule has 1 aliphatic rings. The number of nitrogens with zero attached hydrogens (tertiary/aromatic N) is 12. The summed E-state index contributed by atoms with van der Waals surface area (Å²) in [6.45, 7) is 12.1. The molecule has 2 N–H and O–H groups in total. The molecule has 7 rings (SSSR count). The van der Waals surface area contributed by atoms with Gasteiger partial charge in [0.2, 0.25) is 5.91 Å². The fraction of sp³-hybridized carbons (Fsp3) is 0.426. The van der Waals surface area contributed by atoms with E-state index in [-0.39, 0.29) is 110 Å². The van der Waals surface area contributed by atoms with Gasteiger partial charge in [0.05, 0.1) is 36.2 Å². The average molecular weight is 1590 g/mol. The number of pyridine rings is 1. The number of alkyl halides is 3. The van der Waals surface area contributed by atoms with Crippen LogP contribution in [0.5, 0.6) is 5.75 Å². The number of aromatic nitrogens is 12. The fourth-order valence-electron chi connectivity index (χ4n) is 6.01. The Morgan fingerprint density at radius 2 is 1.33 bits per heavy atom. The van der Waals surface area contributed by atoms with Gasteiger partial charge in [-0.15, -0.1) is 59.7 Å². The maximum Gasteiger partial charge on any atom is 1.00 e. The van der Waals surface area contributed by atoms with E-state index in [1.807, 2.05) is 34.7 Å². The third-order valence-corrected chi connectivity index (χ3v) is 11.3. The van der Waals surface area contributed by atoms with Gasteiger partial charge in [0.15, 0.2) is 27.7 Å². The van der Waals surface area contributed by atoms with Crippen LogP contribution in [-0.4, -0.2) is 121 Å². The molecule has 0 aliphatic heterocycles. The third-order valence-electron chi connectivity index (χ3n) is 9.19. The minimum Gasteiger partial charge on any atom is -1.00 e. The zero-order chi connectivity index (χ0) is 56.4. The second-order valence-electron chi connectivity index (χ2n) is 18.3. The van der Waals surface area contributed by atoms with Crippen LogP contribution in [0.2, 0.25) is 10.3 Å². The first-order valence-corrected chi connectivity index (χ1v) is 26.7. The molecule has 1 fully saturated rings. The molecule has 31 heteroatoms. The largest absolute Gasteiger partial charge is 1.00 e. The van der Waals surface area contributed by atoms with Crippen molar-refractivity contribution < 1.29 is 77.5 Å². The number of amides is 2. The Bertz CT molecular complexity index is 2750. The minimum atomic E-state index is -2.68. The van der Waals surface area contributed by atoms with Gasteiger partial charge in [0.25, 0.3) is 11.8 Å². The molecular weight excluding hydrogens is 1530 g/mol. The van der Waals surface area contributed by atoms with Crippen LogP contribution in [0.25, 0.3) is 0 Å². The predicted molar refractivity (Wildman–Crippen MR) is 314 cm³/mol. The number of halogens is 9. The Morgan fingerprint density at radius 3 is 1.79 bits per heavy atom. The van der Waals surface area contributed by atoms with Crippen LogP contribution in [0.3, 0.4) is 0 Å². The van der Waals surface area contributed by atoms with Crippen LogP contribution in [0, 0.1) is 18.0 Å². The van der Waals surface area contributed by atoms with E-state index in [2.05, 4.69) is 112 Å². The van der Waals surface area contributed by atoms with E-state index in [1.54, 1.807) is 97.0 Å². The Morgan fingerprint density at radius 1 is 0.782 bits per heavy atom. The van der Waals surface area contributed by atoms with Gasteiger partial charge in [-0.3, -0.25) is 24.2 Å². The van der Waals surface area contributed by atoms with E-state index >= 15 is 0 Å². The van der Waals surface area contributed by atoms with Crippen molar-refractivity contribution in [2.75, 3.05) is 12.4 Å². The van der Waals surface area contributed by atoms with Gasteiger partial charge in [-0.05, 0) is 178 Å². The molecule has 21 nitrogen and oxygen atoms in total. The van der Waals surface area contributed by atoms with Crippen molar-refractivity contribution >= 4 is 145 Å². The summed E-state index contributed by atoms with van der Waals surface area (Å²) in [4.78, 5) is 53.0. The van der Waals surface area contributed by atoms with E-state index < -0.39 is 53.2 Å². The first-order valence-electron chi connectivity index (χ1n) is 22.7. The third kappa shape index (κ3) is 27.4. The summed E-state index contributed by atoms with van der Waals surface area (Å²) in [7, 11) is 1.47. The van der Waals surface area contributed by atoms with Crippen LogP contribution >= 0.6 is 115 Å². The van der Waals surface area contributed by atoms with Gasteiger partial charge >= 0.3 is 41.5 Å². The number of ether oxygens (including phenoxy) is 3. The molecule has 6 heterocycles. The Hall–Kier alpha value is -3.42. The number of carbonyl (C=O) groups excluding carboxylic acids is 4. The van der Waals surface area contributed by atoms with Crippen LogP contribution < -0.4 is 44.9 Å². The van der Waals surface area contributed by atoms with Gasteiger partial charge in [-0.25, -0.2) is 17.9 Å². The predicted octanol–water partition coefficient (Wildman–Crippen LogP) is 6.51. The molecule has 0 radical (unpaired) electrons. The molecule has 418 valence electrons. The van der Waals surface area contributed by atoms with Crippen molar-refractivity contribution in [1.29, 1.82) is 0 Å². The molecule has 0 unspecified atom stereocenters. The Balaban J connectivity index is 0.000000636. The van der Waals surface area contributed by atoms with Gasteiger partial charge < -0.3 is 26.3 Å². The quantitative estimate of drug-likeness (QED) is 0.0509. The number of nitrogens with one attached hydrogen (secondary N) is 2. The first-order chi connectivity index (χ1) is 35.5. The molecule has 0 bridgehead atoms. The second kappa shape index (κ2) is 33.5. The summed E-state index contributed by atoms with van der Waals surface area (Å²) in [6.07, 6.45) is -0.695. The number of hydrogen-bond acceptors (Lipinski definition) is 18. The van der Waals surface area contributed by atoms with E-state index in [1.165, 1.54) is 17.9 Å². The summed E-state index contributed by atoms with van der Waals surface area (Å²) < 4.78 is 60.5. The van der Waals surface area contributed by atoms with Crippen molar-refractivity contribution in [2.45, 2.75) is 122 Å². The van der Waals surface area contributed by atoms with Gasteiger partial charge in [-0.2, -0.15) is 10.2 Å². The van der Waals surface area contributed by atoms with E-state index in [0.717, 1.165) is 7.40 Å². The molecular formula is C47H54Cl2F3I4N14NaO7.